The van der Waals surface area contributed by atoms with E-state index in [2.05, 4.69) is 53.0 Å². The van der Waals surface area contributed by atoms with Crippen LogP contribution in [0.4, 0.5) is 60.6 Å². The van der Waals surface area contributed by atoms with Crippen molar-refractivity contribution in [3.63, 3.8) is 0 Å². The van der Waals surface area contributed by atoms with Crippen LogP contribution in [-0.2, 0) is 0 Å². The minimum Gasteiger partial charge on any atom is -0.497 e. The van der Waals surface area contributed by atoms with Crippen molar-refractivity contribution in [3.8, 4) is 23.6 Å². The quantitative estimate of drug-likeness (QED) is 0.0989. The highest BCUT2D eigenvalue weighted by molar-refractivity contribution is 9.10. The van der Waals surface area contributed by atoms with Crippen molar-refractivity contribution in [1.82, 2.24) is 0 Å². The smallest absolute Gasteiger partial charge is 0.205 e. The van der Waals surface area contributed by atoms with Crippen LogP contribution in [0.1, 0.15) is 139 Å². The largest absolute Gasteiger partial charge is 0.497 e. The van der Waals surface area contributed by atoms with Gasteiger partial charge in [-0.2, -0.15) is 10.5 Å². The highest BCUT2D eigenvalue weighted by Crippen LogP contribution is 2.48. The van der Waals surface area contributed by atoms with E-state index in [0.29, 0.717) is 154 Å². The number of ketones is 5. The topological polar surface area (TPSA) is 331 Å². The molecule has 0 unspecified atom stereocenters. The number of fused-ring (bicyclic) bond motifs is 10. The minimum absolute atomic E-state index is 0.130. The van der Waals surface area contributed by atoms with Gasteiger partial charge in [-0.25, -0.2) is 29.4 Å². The molecular weight excluding hydrogens is 1630 g/mol. The molecule has 0 amide bonds. The first-order valence-electron chi connectivity index (χ1n) is 39.7. The number of aliphatic imine (C=N–C) groups is 5. The maximum atomic E-state index is 13.9. The number of hydrogen-bond donors (Lipinski definition) is 5. The maximum absolute atomic E-state index is 13.9. The van der Waals surface area contributed by atoms with Crippen molar-refractivity contribution in [1.29, 1.82) is 10.5 Å². The first kappa shape index (κ1) is 82.8. The summed E-state index contributed by atoms with van der Waals surface area (Å²) in [5, 5.41) is 73.8. The molecule has 0 bridgehead atoms. The number of carbonyl (C=O) groups is 5. The number of aliphatic hydroxyl groups is 5. The second kappa shape index (κ2) is 31.6. The summed E-state index contributed by atoms with van der Waals surface area (Å²) in [5.41, 5.74) is 8.24. The number of amidine groups is 5. The van der Waals surface area contributed by atoms with Crippen molar-refractivity contribution in [2.45, 2.75) is 115 Å². The zero-order valence-electron chi connectivity index (χ0n) is 68.4. The third-order valence-electron chi connectivity index (χ3n) is 24.1. The van der Waals surface area contributed by atoms with Gasteiger partial charge in [-0.3, -0.25) is 24.0 Å². The average Bonchev–Trinajstić information content (AvgIpc) is 1.48. The fourth-order valence-electron chi connectivity index (χ4n) is 16.9. The van der Waals surface area contributed by atoms with Gasteiger partial charge in [-0.1, -0.05) is 39.7 Å². The van der Waals surface area contributed by atoms with Crippen molar-refractivity contribution in [2.24, 2.45) is 25.0 Å². The number of nitrogens with zero attached hydrogens (tertiary/aromatic N) is 12. The third kappa shape index (κ3) is 14.2. The van der Waals surface area contributed by atoms with Gasteiger partial charge in [0.2, 0.25) is 28.9 Å². The van der Waals surface area contributed by atoms with Gasteiger partial charge in [0.25, 0.3) is 0 Å². The molecule has 11 heterocycles. The number of ether oxygens (including phenoxy) is 2. The molecule has 5 N–H and O–H groups in total. The van der Waals surface area contributed by atoms with E-state index in [0.717, 1.165) is 82.7 Å². The average molecular weight is 1720 g/mol. The Kier molecular flexibility index (Phi) is 21.5. The molecule has 5 fully saturated rings. The highest BCUT2D eigenvalue weighted by Gasteiger charge is 2.58. The number of aryl methyl sites for hydroxylation is 8. The Morgan fingerprint density at radius 3 is 1.24 bits per heavy atom. The van der Waals surface area contributed by atoms with Gasteiger partial charge in [-0.05, 0) is 240 Å². The van der Waals surface area contributed by atoms with Crippen LogP contribution in [0.3, 0.4) is 0 Å². The second-order valence-electron chi connectivity index (χ2n) is 31.9. The van der Waals surface area contributed by atoms with Crippen LogP contribution < -0.4 is 34.0 Å². The number of thiophene rings is 1. The van der Waals surface area contributed by atoms with Crippen LogP contribution in [0.15, 0.2) is 205 Å². The highest BCUT2D eigenvalue weighted by atomic mass is 79.9. The van der Waals surface area contributed by atoms with E-state index in [4.69, 9.17) is 20.0 Å². The number of carbonyl (C=O) groups excluding carboxylic acids is 5. The van der Waals surface area contributed by atoms with Crippen LogP contribution in [-0.4, -0.2) is 159 Å². The Morgan fingerprint density at radius 2 is 0.779 bits per heavy atom. The van der Waals surface area contributed by atoms with E-state index in [-0.39, 0.29) is 35.1 Å². The van der Waals surface area contributed by atoms with Crippen LogP contribution in [0, 0.1) is 83.9 Å². The molecule has 616 valence electrons. The lowest BCUT2D eigenvalue weighted by atomic mass is 9.86. The van der Waals surface area contributed by atoms with Gasteiger partial charge >= 0.3 is 0 Å². The molecule has 24 nitrogen and oxygen atoms in total. The molecule has 10 aliphatic heterocycles. The van der Waals surface area contributed by atoms with Crippen molar-refractivity contribution >= 4 is 142 Å². The second-order valence-corrected chi connectivity index (χ2v) is 34.1. The lowest BCUT2D eigenvalue weighted by molar-refractivity contribution is 0.0599. The summed E-state index contributed by atoms with van der Waals surface area (Å²) in [6.07, 6.45) is 1.51. The molecule has 5 atom stereocenters. The Bertz CT molecular complexity index is 6390. The van der Waals surface area contributed by atoms with E-state index in [1.807, 2.05) is 212 Å². The third-order valence-corrected chi connectivity index (χ3v) is 25.6. The number of methoxy groups -OCH3 is 2. The first-order chi connectivity index (χ1) is 58.2. The molecule has 0 aliphatic carbocycles. The molecule has 122 heavy (non-hydrogen) atoms. The summed E-state index contributed by atoms with van der Waals surface area (Å²) in [6, 6.07) is 57.0. The predicted octanol–water partition coefficient (Wildman–Crippen LogP) is 16.0. The normalized spacial score (nSPS) is 21.9. The van der Waals surface area contributed by atoms with Crippen molar-refractivity contribution < 1.29 is 63.4 Å². The Balaban J connectivity index is 0.000000113. The predicted molar refractivity (Wildman–Crippen MR) is 472 cm³/mol. The fourth-order valence-corrected chi connectivity index (χ4v) is 18.2. The molecule has 10 aliphatic rings. The first-order valence-corrected chi connectivity index (χ1v) is 41.3. The SMILES string of the molecule is COc1ccc(N2CC[C@@]3(O)C(=O)c4cc(F)c(C)cc4N=C23)cc1.COc1cccc(N2CC[C@@]3(O)C(=O)c4cc(C)c(C)cc4N=C23)c1.Cc1cc2c(cc1C)C(=O)[C@]1(O)CCN(c3ccc(C#N)cc3)C1=N2.Cc1cc2c(s1)N=C1N(c3cccc(Br)c3)CC[C@@]1(O)C2=O.Cc1ccc2c(c1)C(=O)[C@]1(O)CCN(c3ccc(C#N)c(C)c3)C1=N2. The van der Waals surface area contributed by atoms with E-state index in [9.17, 15) is 53.9 Å². The van der Waals surface area contributed by atoms with Crippen LogP contribution in [0.5, 0.6) is 11.5 Å². The van der Waals surface area contributed by atoms with E-state index >= 15 is 0 Å². The molecule has 9 aromatic carbocycles. The van der Waals surface area contributed by atoms with Gasteiger partial charge in [0, 0.05) is 131 Å². The van der Waals surface area contributed by atoms with E-state index in [1.54, 1.807) is 51.5 Å². The summed E-state index contributed by atoms with van der Waals surface area (Å²) in [5.74, 6) is 1.30. The van der Waals surface area contributed by atoms with E-state index < -0.39 is 39.6 Å². The fraction of sp³-hybridized carbons (Fsp3) is 0.263. The summed E-state index contributed by atoms with van der Waals surface area (Å²) < 4.78 is 25.3. The monoisotopic (exact) mass is 1710 g/mol. The Morgan fingerprint density at radius 1 is 0.385 bits per heavy atom. The number of nitriles is 2. The molecule has 0 radical (unpaired) electrons. The molecule has 1 aromatic heterocycles. The molecule has 10 aromatic rings. The lowest BCUT2D eigenvalue weighted by Gasteiger charge is -2.30. The lowest BCUT2D eigenvalue weighted by Crippen LogP contribution is -2.48. The zero-order valence-corrected chi connectivity index (χ0v) is 70.8. The van der Waals surface area contributed by atoms with Gasteiger partial charge in [0.05, 0.1) is 65.8 Å². The Hall–Kier alpha value is -12.8. The number of hydrogen-bond acceptors (Lipinski definition) is 25. The number of halogens is 2. The molecule has 0 saturated carbocycles. The maximum Gasteiger partial charge on any atom is 0.205 e. The molecule has 20 rings (SSSR count). The number of benzene rings is 9. The van der Waals surface area contributed by atoms with E-state index in [1.165, 1.54) is 17.4 Å². The zero-order chi connectivity index (χ0) is 86.6. The molecule has 0 spiro atoms. The molecule has 27 heteroatoms. The van der Waals surface area contributed by atoms with Gasteiger partial charge in [0.15, 0.2) is 33.8 Å². The molecular formula is C95H84BrFN12O12S. The number of anilines is 5. The summed E-state index contributed by atoms with van der Waals surface area (Å²) in [4.78, 5) is 97.9. The number of Topliss-reactive ketones (excluding diaryl/α,β-unsaturated/α-hetero) is 5. The summed E-state index contributed by atoms with van der Waals surface area (Å²) in [6.45, 7) is 17.8. The van der Waals surface area contributed by atoms with Gasteiger partial charge < -0.3 is 59.5 Å². The summed E-state index contributed by atoms with van der Waals surface area (Å²) >= 11 is 4.94. The Labute approximate surface area is 715 Å². The van der Waals surface area contributed by atoms with Gasteiger partial charge in [-0.15, -0.1) is 11.3 Å². The minimum atomic E-state index is -1.71. The summed E-state index contributed by atoms with van der Waals surface area (Å²) in [7, 11) is 3.20. The molecule has 5 saturated heterocycles. The van der Waals surface area contributed by atoms with Crippen LogP contribution in [0.2, 0.25) is 0 Å². The van der Waals surface area contributed by atoms with Crippen LogP contribution >= 0.6 is 27.3 Å². The van der Waals surface area contributed by atoms with Crippen molar-refractivity contribution in [2.75, 3.05) is 71.4 Å². The number of rotatable bonds is 7. The standard InChI is InChI=1S/2C20H17N3O2.C20H20N2O3.C19H17FN2O3.C16H13BrN2O2S/c1-12-3-6-17-16(9-12)18(24)20(25)7-8-23(19(20)22-17)15-5-4-14(11-21)13(2)10-15;1-12-9-16-17(10-13(12)2)22-19-20(25,18(16)24)7-8-23(19)15-5-3-14(11-21)4-6-15;1-12-9-16-17(10-13(12)2)21-19-20(24,18(16)23)7-8-22(19)14-5-4-6-15(11-14)25-3;1-11-9-16-14(10-15(11)20)17(23)19(24)7-8-22(18(19)21-16)12-3-5-13(25-2)6-4-12;1-9-7-12-13(20)16(21)5-6-19(15(16)18-14(12)22-9)11-4-2-3-10(17)8-11/h2*3-6,9-10,25H,7-8H2,1-2H3;4-6,9-11,24H,7-8H2,1-3H3;3-6,9-10,24H,7-8H2,1-2H3;2-4,7-8,21H,5-6H2,1H3/t3*20-;19-;16-/m11111/s1. The van der Waals surface area contributed by atoms with Gasteiger partial charge in [0.1, 0.15) is 45.7 Å². The van der Waals surface area contributed by atoms with Crippen molar-refractivity contribution in [3.05, 3.63) is 269 Å². The van der Waals surface area contributed by atoms with Crippen LogP contribution in [0.25, 0.3) is 0 Å².